The molecule has 0 spiro atoms. The zero-order chi connectivity index (χ0) is 31.0. The molecule has 1 saturated heterocycles. The van der Waals surface area contributed by atoms with Gasteiger partial charge in [0, 0.05) is 48.7 Å². The van der Waals surface area contributed by atoms with Crippen molar-refractivity contribution in [3.05, 3.63) is 92.9 Å². The Bertz CT molecular complexity index is 1820. The number of benzene rings is 1. The summed E-state index contributed by atoms with van der Waals surface area (Å²) in [5.41, 5.74) is 2.41. The molecule has 0 unspecified atom stereocenters. The van der Waals surface area contributed by atoms with Gasteiger partial charge < -0.3 is 9.80 Å². The molecule has 1 aliphatic heterocycles. The van der Waals surface area contributed by atoms with Crippen LogP contribution in [0.25, 0.3) is 22.3 Å². The van der Waals surface area contributed by atoms with Gasteiger partial charge >= 0.3 is 5.69 Å². The van der Waals surface area contributed by atoms with E-state index in [1.165, 1.54) is 28.8 Å². The summed E-state index contributed by atoms with van der Waals surface area (Å²) in [7, 11) is 0. The van der Waals surface area contributed by atoms with Crippen molar-refractivity contribution < 1.29 is 14.0 Å². The van der Waals surface area contributed by atoms with Crippen LogP contribution in [0.4, 0.5) is 10.2 Å². The van der Waals surface area contributed by atoms with Crippen molar-refractivity contribution in [3.8, 4) is 11.3 Å². The second-order valence-electron chi connectivity index (χ2n) is 11.0. The highest BCUT2D eigenvalue weighted by Crippen LogP contribution is 2.36. The van der Waals surface area contributed by atoms with E-state index in [1.807, 2.05) is 38.7 Å². The quantitative estimate of drug-likeness (QED) is 0.163. The summed E-state index contributed by atoms with van der Waals surface area (Å²) >= 11 is 6.76. The summed E-state index contributed by atoms with van der Waals surface area (Å²) in [4.78, 5) is 55.5. The molecule has 11 heteroatoms. The maximum absolute atomic E-state index is 15.2. The average molecular weight is 605 g/mol. The van der Waals surface area contributed by atoms with Crippen molar-refractivity contribution in [1.82, 2.24) is 24.4 Å². The fourth-order valence-corrected chi connectivity index (χ4v) is 5.90. The number of pyridine rings is 2. The molecule has 0 radical (unpaired) electrons. The van der Waals surface area contributed by atoms with Crippen LogP contribution < -0.4 is 10.6 Å². The predicted octanol–water partition coefficient (Wildman–Crippen LogP) is 5.16. The largest absolute Gasteiger partial charge is 0.351 e. The molecule has 1 fully saturated rings. The molecule has 0 N–H and O–H groups in total. The molecule has 1 atom stereocenters. The Balaban J connectivity index is 1.77. The van der Waals surface area contributed by atoms with Crippen LogP contribution in [0.5, 0.6) is 0 Å². The lowest BCUT2D eigenvalue weighted by Gasteiger charge is -2.40. The lowest BCUT2D eigenvalue weighted by molar-refractivity contribution is -0.126. The third kappa shape index (κ3) is 5.54. The smallest absolute Gasteiger partial charge is 0.350 e. The number of halogens is 2. The van der Waals surface area contributed by atoms with Gasteiger partial charge in [0.15, 0.2) is 6.29 Å². The molecule has 1 amide bonds. The molecular formula is C32H32ClFN6O3. The second kappa shape index (κ2) is 12.0. The number of hydrogen-bond donors (Lipinski definition) is 0. The van der Waals surface area contributed by atoms with E-state index >= 15 is 4.39 Å². The van der Waals surface area contributed by atoms with Crippen molar-refractivity contribution in [1.29, 1.82) is 0 Å². The van der Waals surface area contributed by atoms with Gasteiger partial charge in [-0.3, -0.25) is 19.1 Å². The number of amides is 1. The summed E-state index contributed by atoms with van der Waals surface area (Å²) in [6.45, 7) is 12.9. The van der Waals surface area contributed by atoms with Crippen molar-refractivity contribution in [2.45, 2.75) is 46.2 Å². The molecule has 0 aliphatic carbocycles. The number of nitrogens with zero attached hydrogens (tertiary/aromatic N) is 6. The number of carbonyl (C=O) groups is 2. The van der Waals surface area contributed by atoms with Crippen LogP contribution in [0.2, 0.25) is 5.02 Å². The first-order valence-corrected chi connectivity index (χ1v) is 14.4. The Morgan fingerprint density at radius 1 is 1.26 bits per heavy atom. The van der Waals surface area contributed by atoms with E-state index in [2.05, 4.69) is 16.5 Å². The molecule has 1 aliphatic rings. The molecule has 0 bridgehead atoms. The molecule has 5 rings (SSSR count). The topological polar surface area (TPSA) is 101 Å². The van der Waals surface area contributed by atoms with E-state index in [0.717, 1.165) is 16.8 Å². The number of aldehydes is 1. The second-order valence-corrected chi connectivity index (χ2v) is 11.4. The number of rotatable bonds is 7. The summed E-state index contributed by atoms with van der Waals surface area (Å²) in [5, 5.41) is 0.586. The lowest BCUT2D eigenvalue weighted by Crippen LogP contribution is -2.54. The molecule has 4 aromatic rings. The Morgan fingerprint density at radius 2 is 2.02 bits per heavy atom. The summed E-state index contributed by atoms with van der Waals surface area (Å²) in [5.74, 6) is -0.376. The highest BCUT2D eigenvalue weighted by atomic mass is 35.5. The molecule has 3 aromatic heterocycles. The molecule has 222 valence electrons. The molecule has 9 nitrogen and oxygen atoms in total. The number of fused-ring (bicyclic) bond motifs is 1. The van der Waals surface area contributed by atoms with Gasteiger partial charge in [0.1, 0.15) is 17.3 Å². The third-order valence-electron chi connectivity index (χ3n) is 7.87. The van der Waals surface area contributed by atoms with Crippen LogP contribution >= 0.6 is 11.6 Å². The molecule has 43 heavy (non-hydrogen) atoms. The third-order valence-corrected chi connectivity index (χ3v) is 8.15. The Labute approximate surface area is 253 Å². The van der Waals surface area contributed by atoms with Crippen LogP contribution in [0.15, 0.2) is 54.0 Å². The minimum absolute atomic E-state index is 0.0427. The summed E-state index contributed by atoms with van der Waals surface area (Å²) < 4.78 is 16.6. The first-order chi connectivity index (χ1) is 20.5. The van der Waals surface area contributed by atoms with E-state index in [9.17, 15) is 14.4 Å². The number of hydrogen-bond acceptors (Lipinski definition) is 7. The van der Waals surface area contributed by atoms with Gasteiger partial charge in [-0.15, -0.1) is 0 Å². The highest BCUT2D eigenvalue weighted by Gasteiger charge is 2.30. The van der Waals surface area contributed by atoms with Crippen LogP contribution in [0, 0.1) is 12.7 Å². The monoisotopic (exact) mass is 604 g/mol. The standard InChI is InChI=1S/C32H32ClFN6O3/c1-6-26(42)38-12-13-39(20(5)15-38)31-22-14-24(33)29(27-21(17-41)8-7-9-25(27)34)36-30(22)40(32(43)37-31)16-23-19(4)10-11-35-28(23)18(2)3/h6-11,14,17-18,20H,1,12-13,15-16H2,2-5H3/t20-/m0/s1/i42+2. The molecular weight excluding hydrogens is 573 g/mol. The van der Waals surface area contributed by atoms with E-state index in [1.54, 1.807) is 17.2 Å². The summed E-state index contributed by atoms with van der Waals surface area (Å²) in [6.07, 6.45) is 3.57. The number of carbonyl (C=O) groups excluding carboxylic acids is 2. The zero-order valence-corrected chi connectivity index (χ0v) is 25.2. The fraction of sp³-hybridized carbons (Fsp3) is 0.312. The first kappa shape index (κ1) is 30.0. The van der Waals surface area contributed by atoms with Gasteiger partial charge in [0.25, 0.3) is 0 Å². The zero-order valence-electron chi connectivity index (χ0n) is 24.5. The van der Waals surface area contributed by atoms with Crippen LogP contribution in [0.3, 0.4) is 0 Å². The minimum Gasteiger partial charge on any atom is -0.350 e. The SMILES string of the molecule is C=CC(=[18O])N1CCN(c2nc(=O)n(Cc3c(C)ccnc3C(C)C)c3nc(-c4c(F)cccc4C=O)c(Cl)cc23)[C@@H](C)C1. The maximum atomic E-state index is 15.2. The van der Waals surface area contributed by atoms with Gasteiger partial charge in [-0.1, -0.05) is 44.2 Å². The van der Waals surface area contributed by atoms with E-state index < -0.39 is 11.5 Å². The predicted molar refractivity (Wildman–Crippen MR) is 165 cm³/mol. The van der Waals surface area contributed by atoms with Gasteiger partial charge in [-0.2, -0.15) is 4.98 Å². The van der Waals surface area contributed by atoms with Gasteiger partial charge in [-0.05, 0) is 55.2 Å². The van der Waals surface area contributed by atoms with E-state index in [-0.39, 0.29) is 51.9 Å². The Morgan fingerprint density at radius 3 is 2.70 bits per heavy atom. The molecule has 4 heterocycles. The van der Waals surface area contributed by atoms with Crippen molar-refractivity contribution in [2.75, 3.05) is 24.5 Å². The fourth-order valence-electron chi connectivity index (χ4n) is 5.65. The lowest BCUT2D eigenvalue weighted by atomic mass is 9.99. The number of aryl methyl sites for hydroxylation is 1. The van der Waals surface area contributed by atoms with E-state index in [0.29, 0.717) is 37.1 Å². The van der Waals surface area contributed by atoms with Crippen LogP contribution in [0.1, 0.15) is 53.9 Å². The number of anilines is 1. The highest BCUT2D eigenvalue weighted by molar-refractivity contribution is 6.34. The van der Waals surface area contributed by atoms with Crippen LogP contribution in [-0.4, -0.2) is 62.3 Å². The van der Waals surface area contributed by atoms with Gasteiger partial charge in [-0.25, -0.2) is 14.2 Å². The first-order valence-electron chi connectivity index (χ1n) is 14.0. The summed E-state index contributed by atoms with van der Waals surface area (Å²) in [6, 6.07) is 7.46. The number of piperazine rings is 1. The normalized spacial score (nSPS) is 15.3. The Hall–Kier alpha value is -4.44. The molecule has 0 saturated carbocycles. The van der Waals surface area contributed by atoms with Crippen molar-refractivity contribution in [2.24, 2.45) is 0 Å². The van der Waals surface area contributed by atoms with Crippen LogP contribution in [-0.2, 0) is 11.3 Å². The van der Waals surface area contributed by atoms with E-state index in [4.69, 9.17) is 16.6 Å². The Kier molecular flexibility index (Phi) is 8.41. The van der Waals surface area contributed by atoms with Crippen molar-refractivity contribution in [3.63, 3.8) is 0 Å². The number of aromatic nitrogens is 4. The van der Waals surface area contributed by atoms with Gasteiger partial charge in [0.2, 0.25) is 5.91 Å². The molecule has 1 aromatic carbocycles. The van der Waals surface area contributed by atoms with Crippen molar-refractivity contribution >= 4 is 40.6 Å². The maximum Gasteiger partial charge on any atom is 0.351 e. The average Bonchev–Trinajstić information content (AvgIpc) is 2.98. The van der Waals surface area contributed by atoms with Gasteiger partial charge in [0.05, 0.1) is 22.6 Å². The minimum atomic E-state index is -0.664.